The highest BCUT2D eigenvalue weighted by atomic mass is 16.6. The number of pyridine rings is 1. The summed E-state index contributed by atoms with van der Waals surface area (Å²) >= 11 is 0. The predicted octanol–water partition coefficient (Wildman–Crippen LogP) is 2.42. The second-order valence-corrected chi connectivity index (χ2v) is 4.06. The van der Waals surface area contributed by atoms with E-state index in [0.29, 0.717) is 25.1 Å². The summed E-state index contributed by atoms with van der Waals surface area (Å²) in [5.41, 5.74) is 1.05. The van der Waals surface area contributed by atoms with Crippen molar-refractivity contribution in [3.05, 3.63) is 64.0 Å². The average Bonchev–Trinajstić information content (AvgIpc) is 2.48. The van der Waals surface area contributed by atoms with E-state index in [1.807, 2.05) is 12.1 Å². The van der Waals surface area contributed by atoms with Gasteiger partial charge in [-0.2, -0.15) is 0 Å². The molecule has 0 amide bonds. The Kier molecular flexibility index (Phi) is 4.39. The predicted molar refractivity (Wildman–Crippen MR) is 71.9 cm³/mol. The number of ether oxygens (including phenoxy) is 1. The van der Waals surface area contributed by atoms with E-state index in [-0.39, 0.29) is 11.3 Å². The molecule has 1 aromatic carbocycles. The highest BCUT2D eigenvalue weighted by Crippen LogP contribution is 2.22. The zero-order valence-corrected chi connectivity index (χ0v) is 10.6. The van der Waals surface area contributed by atoms with Gasteiger partial charge in [0.2, 0.25) is 0 Å². The van der Waals surface area contributed by atoms with Crippen molar-refractivity contribution in [3.63, 3.8) is 0 Å². The third kappa shape index (κ3) is 3.38. The lowest BCUT2D eigenvalue weighted by molar-refractivity contribution is -0.384. The lowest BCUT2D eigenvalue weighted by Crippen LogP contribution is -2.04. The van der Waals surface area contributed by atoms with E-state index < -0.39 is 4.92 Å². The minimum Gasteiger partial charge on any atom is -0.492 e. The molecule has 0 aliphatic carbocycles. The minimum atomic E-state index is -0.549. The van der Waals surface area contributed by atoms with Gasteiger partial charge in [0, 0.05) is 30.9 Å². The smallest absolute Gasteiger partial charge is 0.270 e. The molecule has 0 radical (unpaired) electrons. The van der Waals surface area contributed by atoms with Crippen LogP contribution in [-0.2, 0) is 6.42 Å². The summed E-state index contributed by atoms with van der Waals surface area (Å²) in [6.07, 6.45) is 4.61. The summed E-state index contributed by atoms with van der Waals surface area (Å²) in [6.45, 7) is 0.365. The second kappa shape index (κ2) is 6.42. The average molecular weight is 272 g/mol. The van der Waals surface area contributed by atoms with Crippen LogP contribution in [0.1, 0.15) is 15.9 Å². The molecule has 1 aromatic heterocycles. The molecule has 6 nitrogen and oxygen atoms in total. The van der Waals surface area contributed by atoms with Gasteiger partial charge < -0.3 is 4.74 Å². The molecular formula is C14H12N2O4. The zero-order valence-electron chi connectivity index (χ0n) is 10.6. The highest BCUT2D eigenvalue weighted by Gasteiger charge is 2.11. The molecule has 0 N–H and O–H groups in total. The Labute approximate surface area is 115 Å². The number of benzene rings is 1. The lowest BCUT2D eigenvalue weighted by Gasteiger charge is -2.08. The van der Waals surface area contributed by atoms with Gasteiger partial charge in [-0.05, 0) is 17.7 Å². The van der Waals surface area contributed by atoms with Gasteiger partial charge in [-0.1, -0.05) is 6.07 Å². The monoisotopic (exact) mass is 272 g/mol. The largest absolute Gasteiger partial charge is 0.492 e. The number of hydrogen-bond donors (Lipinski definition) is 0. The molecular weight excluding hydrogens is 260 g/mol. The maximum atomic E-state index is 10.9. The fourth-order valence-electron chi connectivity index (χ4n) is 1.70. The molecule has 0 fully saturated rings. The van der Waals surface area contributed by atoms with Crippen LogP contribution in [0.2, 0.25) is 0 Å². The van der Waals surface area contributed by atoms with Crippen molar-refractivity contribution in [1.82, 2.24) is 4.98 Å². The standard InChI is InChI=1S/C14H12N2O4/c17-10-12-8-13(16(18)19)3-4-14(12)20-7-5-11-2-1-6-15-9-11/h1-4,6,8-10H,5,7H2. The Morgan fingerprint density at radius 3 is 2.85 bits per heavy atom. The van der Waals surface area contributed by atoms with Crippen LogP contribution in [0.25, 0.3) is 0 Å². The Morgan fingerprint density at radius 2 is 2.20 bits per heavy atom. The zero-order chi connectivity index (χ0) is 14.4. The third-order valence-corrected chi connectivity index (χ3v) is 2.70. The third-order valence-electron chi connectivity index (χ3n) is 2.70. The first-order valence-corrected chi connectivity index (χ1v) is 5.96. The first kappa shape index (κ1) is 13.7. The van der Waals surface area contributed by atoms with E-state index in [2.05, 4.69) is 4.98 Å². The van der Waals surface area contributed by atoms with Gasteiger partial charge in [-0.3, -0.25) is 19.9 Å². The van der Waals surface area contributed by atoms with Gasteiger partial charge >= 0.3 is 0 Å². The van der Waals surface area contributed by atoms with Crippen molar-refractivity contribution in [2.45, 2.75) is 6.42 Å². The molecule has 0 spiro atoms. The van der Waals surface area contributed by atoms with Gasteiger partial charge in [0.25, 0.3) is 5.69 Å². The van der Waals surface area contributed by atoms with Gasteiger partial charge in [0.05, 0.1) is 17.1 Å². The van der Waals surface area contributed by atoms with E-state index in [1.54, 1.807) is 12.4 Å². The molecule has 0 unspecified atom stereocenters. The van der Waals surface area contributed by atoms with E-state index in [1.165, 1.54) is 18.2 Å². The number of nitrogens with zero attached hydrogens (tertiary/aromatic N) is 2. The minimum absolute atomic E-state index is 0.133. The fraction of sp³-hybridized carbons (Fsp3) is 0.143. The Bertz CT molecular complexity index is 614. The topological polar surface area (TPSA) is 82.3 Å². The van der Waals surface area contributed by atoms with Crippen LogP contribution in [0.15, 0.2) is 42.7 Å². The second-order valence-electron chi connectivity index (χ2n) is 4.06. The molecule has 2 aromatic rings. The summed E-state index contributed by atoms with van der Waals surface area (Å²) in [7, 11) is 0. The number of aldehydes is 1. The number of rotatable bonds is 6. The molecule has 0 aliphatic rings. The van der Waals surface area contributed by atoms with Crippen LogP contribution in [0, 0.1) is 10.1 Å². The van der Waals surface area contributed by atoms with Gasteiger partial charge in [0.15, 0.2) is 6.29 Å². The first-order chi connectivity index (χ1) is 9.70. The fourth-order valence-corrected chi connectivity index (χ4v) is 1.70. The van der Waals surface area contributed by atoms with Crippen molar-refractivity contribution in [1.29, 1.82) is 0 Å². The molecule has 20 heavy (non-hydrogen) atoms. The van der Waals surface area contributed by atoms with Crippen LogP contribution >= 0.6 is 0 Å². The maximum absolute atomic E-state index is 10.9. The molecule has 0 bridgehead atoms. The molecule has 2 rings (SSSR count). The summed E-state index contributed by atoms with van der Waals surface area (Å²) in [4.78, 5) is 25.0. The Hall–Kier alpha value is -2.76. The number of aromatic nitrogens is 1. The number of carbonyl (C=O) groups excluding carboxylic acids is 1. The van der Waals surface area contributed by atoms with Gasteiger partial charge in [-0.25, -0.2) is 0 Å². The van der Waals surface area contributed by atoms with E-state index in [4.69, 9.17) is 4.74 Å². The van der Waals surface area contributed by atoms with Crippen LogP contribution in [0.3, 0.4) is 0 Å². The summed E-state index contributed by atoms with van der Waals surface area (Å²) in [6, 6.07) is 7.70. The summed E-state index contributed by atoms with van der Waals surface area (Å²) < 4.78 is 5.49. The highest BCUT2D eigenvalue weighted by molar-refractivity contribution is 5.80. The van der Waals surface area contributed by atoms with Crippen LogP contribution in [0.4, 0.5) is 5.69 Å². The molecule has 6 heteroatoms. The van der Waals surface area contributed by atoms with E-state index in [0.717, 1.165) is 5.56 Å². The first-order valence-electron chi connectivity index (χ1n) is 5.96. The van der Waals surface area contributed by atoms with Crippen molar-refractivity contribution in [2.24, 2.45) is 0 Å². The van der Waals surface area contributed by atoms with Gasteiger partial charge in [-0.15, -0.1) is 0 Å². The maximum Gasteiger partial charge on any atom is 0.270 e. The van der Waals surface area contributed by atoms with Crippen LogP contribution in [-0.4, -0.2) is 22.8 Å². The van der Waals surface area contributed by atoms with Gasteiger partial charge in [0.1, 0.15) is 5.75 Å². The molecule has 0 saturated heterocycles. The van der Waals surface area contributed by atoms with Crippen molar-refractivity contribution < 1.29 is 14.5 Å². The van der Waals surface area contributed by atoms with E-state index >= 15 is 0 Å². The molecule has 102 valence electrons. The number of nitro benzene ring substituents is 1. The Balaban J connectivity index is 2.02. The molecule has 0 atom stereocenters. The van der Waals surface area contributed by atoms with Crippen molar-refractivity contribution >= 4 is 12.0 Å². The van der Waals surface area contributed by atoms with Crippen LogP contribution < -0.4 is 4.74 Å². The lowest BCUT2D eigenvalue weighted by atomic mass is 10.2. The SMILES string of the molecule is O=Cc1cc([N+](=O)[O-])ccc1OCCc1cccnc1. The number of non-ortho nitro benzene ring substituents is 1. The van der Waals surface area contributed by atoms with Crippen LogP contribution in [0.5, 0.6) is 5.75 Å². The van der Waals surface area contributed by atoms with Crippen molar-refractivity contribution in [2.75, 3.05) is 6.61 Å². The number of hydrogen-bond acceptors (Lipinski definition) is 5. The normalized spacial score (nSPS) is 10.0. The number of nitro groups is 1. The number of carbonyl (C=O) groups is 1. The summed E-state index contributed by atoms with van der Waals surface area (Å²) in [5.74, 6) is 0.342. The quantitative estimate of drug-likeness (QED) is 0.458. The molecule has 1 heterocycles. The molecule has 0 saturated carbocycles. The molecule has 0 aliphatic heterocycles. The summed E-state index contributed by atoms with van der Waals surface area (Å²) in [5, 5.41) is 10.6. The Morgan fingerprint density at radius 1 is 1.35 bits per heavy atom. The van der Waals surface area contributed by atoms with Crippen molar-refractivity contribution in [3.8, 4) is 5.75 Å². The van der Waals surface area contributed by atoms with E-state index in [9.17, 15) is 14.9 Å².